The number of hydrogen-bond acceptors (Lipinski definition) is 3. The highest BCUT2D eigenvalue weighted by Gasteiger charge is 2.31. The summed E-state index contributed by atoms with van der Waals surface area (Å²) in [7, 11) is 0. The fraction of sp³-hybridized carbons (Fsp3) is 0.316. The second-order valence-corrected chi connectivity index (χ2v) is 6.24. The van der Waals surface area contributed by atoms with Crippen LogP contribution in [0, 0.1) is 5.82 Å². The normalized spacial score (nSPS) is 15.9. The van der Waals surface area contributed by atoms with Gasteiger partial charge in [-0.05, 0) is 30.3 Å². The van der Waals surface area contributed by atoms with Gasteiger partial charge in [-0.15, -0.1) is 0 Å². The van der Waals surface area contributed by atoms with Crippen LogP contribution in [0.1, 0.15) is 15.9 Å². The van der Waals surface area contributed by atoms with Gasteiger partial charge in [0, 0.05) is 37.4 Å². The fourth-order valence-electron chi connectivity index (χ4n) is 3.00. The van der Waals surface area contributed by atoms with Gasteiger partial charge >= 0.3 is 6.18 Å². The van der Waals surface area contributed by atoms with Crippen LogP contribution in [0.4, 0.5) is 23.2 Å². The zero-order chi connectivity index (χ0) is 18.7. The fourth-order valence-corrected chi connectivity index (χ4v) is 3.00. The van der Waals surface area contributed by atoms with Crippen molar-refractivity contribution in [3.05, 3.63) is 65.5 Å². The van der Waals surface area contributed by atoms with E-state index in [0.717, 1.165) is 12.1 Å². The topological polar surface area (TPSA) is 23.6 Å². The van der Waals surface area contributed by atoms with E-state index in [1.54, 1.807) is 12.1 Å². The SMILES string of the molecule is O=C(CN1CCN(c2cccc(C(F)(F)F)c2)CC1)c1cccc(F)c1. The molecule has 26 heavy (non-hydrogen) atoms. The van der Waals surface area contributed by atoms with Crippen LogP contribution >= 0.6 is 0 Å². The number of carbonyl (C=O) groups is 1. The quantitative estimate of drug-likeness (QED) is 0.607. The summed E-state index contributed by atoms with van der Waals surface area (Å²) >= 11 is 0. The lowest BCUT2D eigenvalue weighted by Crippen LogP contribution is -2.48. The molecule has 0 unspecified atom stereocenters. The van der Waals surface area contributed by atoms with Crippen molar-refractivity contribution in [1.29, 1.82) is 0 Å². The maximum atomic E-state index is 13.2. The largest absolute Gasteiger partial charge is 0.416 e. The lowest BCUT2D eigenvalue weighted by molar-refractivity contribution is -0.137. The standard InChI is InChI=1S/C19H18F4N2O/c20-16-5-1-3-14(11-16)18(26)13-24-7-9-25(10-8-24)17-6-2-4-15(12-17)19(21,22)23/h1-6,11-12H,7-10,13H2. The molecule has 0 atom stereocenters. The van der Waals surface area contributed by atoms with E-state index in [4.69, 9.17) is 0 Å². The van der Waals surface area contributed by atoms with Gasteiger partial charge < -0.3 is 4.90 Å². The minimum absolute atomic E-state index is 0.167. The van der Waals surface area contributed by atoms with Crippen LogP contribution in [0.25, 0.3) is 0 Å². The smallest absolute Gasteiger partial charge is 0.369 e. The van der Waals surface area contributed by atoms with Crippen LogP contribution in [0.5, 0.6) is 0 Å². The van der Waals surface area contributed by atoms with Crippen LogP contribution in [-0.4, -0.2) is 43.4 Å². The molecule has 1 heterocycles. The molecule has 0 spiro atoms. The Balaban J connectivity index is 1.58. The first kappa shape index (κ1) is 18.4. The predicted molar refractivity (Wildman–Crippen MR) is 90.8 cm³/mol. The molecule has 1 saturated heterocycles. The molecule has 0 saturated carbocycles. The molecule has 2 aromatic rings. The molecule has 1 aliphatic rings. The summed E-state index contributed by atoms with van der Waals surface area (Å²) in [5.41, 5.74) is 0.181. The number of rotatable bonds is 4. The highest BCUT2D eigenvalue weighted by atomic mass is 19.4. The van der Waals surface area contributed by atoms with Gasteiger partial charge in [-0.3, -0.25) is 9.69 Å². The summed E-state index contributed by atoms with van der Waals surface area (Å²) in [6, 6.07) is 10.8. The molecule has 0 amide bonds. The number of anilines is 1. The summed E-state index contributed by atoms with van der Waals surface area (Å²) in [4.78, 5) is 16.0. The van der Waals surface area contributed by atoms with Crippen LogP contribution < -0.4 is 4.90 Å². The number of ketones is 1. The molecule has 7 heteroatoms. The number of piperazine rings is 1. The molecular formula is C19H18F4N2O. The number of carbonyl (C=O) groups excluding carboxylic acids is 1. The first-order valence-electron chi connectivity index (χ1n) is 8.26. The Morgan fingerprint density at radius 3 is 2.31 bits per heavy atom. The van der Waals surface area contributed by atoms with Crippen LogP contribution in [-0.2, 0) is 6.18 Å². The number of halogens is 4. The predicted octanol–water partition coefficient (Wildman–Crippen LogP) is 3.85. The number of alkyl halides is 3. The number of hydrogen-bond donors (Lipinski definition) is 0. The Kier molecular flexibility index (Phi) is 5.27. The second-order valence-electron chi connectivity index (χ2n) is 6.24. The van der Waals surface area contributed by atoms with Gasteiger partial charge in [-0.1, -0.05) is 18.2 Å². The lowest BCUT2D eigenvalue weighted by atomic mass is 10.1. The van der Waals surface area contributed by atoms with E-state index in [2.05, 4.69) is 0 Å². The number of nitrogens with zero attached hydrogens (tertiary/aromatic N) is 2. The average Bonchev–Trinajstić information content (AvgIpc) is 2.62. The van der Waals surface area contributed by atoms with Gasteiger partial charge in [0.25, 0.3) is 0 Å². The molecule has 0 aromatic heterocycles. The van der Waals surface area contributed by atoms with Gasteiger partial charge in [0.1, 0.15) is 5.82 Å². The summed E-state index contributed by atoms with van der Waals surface area (Å²) in [5.74, 6) is -0.623. The van der Waals surface area contributed by atoms with Crippen LogP contribution in [0.15, 0.2) is 48.5 Å². The third-order valence-electron chi connectivity index (χ3n) is 4.42. The van der Waals surface area contributed by atoms with Crippen LogP contribution in [0.3, 0.4) is 0 Å². The van der Waals surface area contributed by atoms with E-state index >= 15 is 0 Å². The van der Waals surface area contributed by atoms with E-state index in [-0.39, 0.29) is 12.3 Å². The highest BCUT2D eigenvalue weighted by Crippen LogP contribution is 2.31. The third-order valence-corrected chi connectivity index (χ3v) is 4.42. The highest BCUT2D eigenvalue weighted by molar-refractivity contribution is 5.97. The maximum absolute atomic E-state index is 13.2. The summed E-state index contributed by atoms with van der Waals surface area (Å²) < 4.78 is 51.7. The van der Waals surface area contributed by atoms with E-state index in [0.29, 0.717) is 37.4 Å². The van der Waals surface area contributed by atoms with Gasteiger partial charge in [0.2, 0.25) is 0 Å². The van der Waals surface area contributed by atoms with Crippen molar-refractivity contribution in [1.82, 2.24) is 4.90 Å². The van der Waals surface area contributed by atoms with Crippen molar-refractivity contribution in [2.45, 2.75) is 6.18 Å². The Hall–Kier alpha value is -2.41. The molecule has 0 aliphatic carbocycles. The zero-order valence-electron chi connectivity index (χ0n) is 14.0. The van der Waals surface area contributed by atoms with Crippen molar-refractivity contribution in [3.8, 4) is 0 Å². The van der Waals surface area contributed by atoms with Crippen molar-refractivity contribution < 1.29 is 22.4 Å². The van der Waals surface area contributed by atoms with E-state index < -0.39 is 17.6 Å². The van der Waals surface area contributed by atoms with Crippen molar-refractivity contribution in [2.24, 2.45) is 0 Å². The zero-order valence-corrected chi connectivity index (χ0v) is 14.0. The van der Waals surface area contributed by atoms with Crippen LogP contribution in [0.2, 0.25) is 0 Å². The van der Waals surface area contributed by atoms with Gasteiger partial charge in [-0.25, -0.2) is 4.39 Å². The van der Waals surface area contributed by atoms with E-state index in [9.17, 15) is 22.4 Å². The molecule has 2 aromatic carbocycles. The molecule has 0 radical (unpaired) electrons. The van der Waals surface area contributed by atoms with Crippen molar-refractivity contribution in [2.75, 3.05) is 37.6 Å². The Labute approximate surface area is 148 Å². The van der Waals surface area contributed by atoms with Gasteiger partial charge in [-0.2, -0.15) is 13.2 Å². The molecule has 0 N–H and O–H groups in total. The Bertz CT molecular complexity index is 783. The summed E-state index contributed by atoms with van der Waals surface area (Å²) in [6.45, 7) is 2.32. The van der Waals surface area contributed by atoms with Gasteiger partial charge in [0.05, 0.1) is 12.1 Å². The monoisotopic (exact) mass is 366 g/mol. The molecule has 1 fully saturated rings. The minimum Gasteiger partial charge on any atom is -0.369 e. The molecule has 0 bridgehead atoms. The summed E-state index contributed by atoms with van der Waals surface area (Å²) in [5, 5.41) is 0. The first-order valence-corrected chi connectivity index (χ1v) is 8.26. The molecule has 3 nitrogen and oxygen atoms in total. The van der Waals surface area contributed by atoms with Crippen molar-refractivity contribution in [3.63, 3.8) is 0 Å². The lowest BCUT2D eigenvalue weighted by Gasteiger charge is -2.36. The number of Topliss-reactive ketones (excluding diaryl/α,β-unsaturated/α-hetero) is 1. The number of benzene rings is 2. The van der Waals surface area contributed by atoms with Gasteiger partial charge in [0.15, 0.2) is 5.78 Å². The van der Waals surface area contributed by atoms with E-state index in [1.165, 1.54) is 24.3 Å². The van der Waals surface area contributed by atoms with E-state index in [1.807, 2.05) is 9.80 Å². The third kappa shape index (κ3) is 4.40. The van der Waals surface area contributed by atoms with Crippen molar-refractivity contribution >= 4 is 11.5 Å². The first-order chi connectivity index (χ1) is 12.3. The molecule has 138 valence electrons. The molecular weight excluding hydrogens is 348 g/mol. The summed E-state index contributed by atoms with van der Waals surface area (Å²) in [6.07, 6.45) is -4.37. The maximum Gasteiger partial charge on any atom is 0.416 e. The minimum atomic E-state index is -4.37. The Morgan fingerprint density at radius 2 is 1.65 bits per heavy atom. The Morgan fingerprint density at radius 1 is 0.962 bits per heavy atom. The molecule has 1 aliphatic heterocycles. The molecule has 3 rings (SSSR count). The average molecular weight is 366 g/mol. The second kappa shape index (κ2) is 7.45.